The van der Waals surface area contributed by atoms with Crippen LogP contribution in [0.3, 0.4) is 0 Å². The van der Waals surface area contributed by atoms with Crippen molar-refractivity contribution < 1.29 is 14.3 Å². The van der Waals surface area contributed by atoms with Crippen LogP contribution in [0.5, 0.6) is 5.75 Å². The maximum absolute atomic E-state index is 11.2. The molecule has 1 aromatic carbocycles. The third-order valence-corrected chi connectivity index (χ3v) is 3.64. The molecule has 0 aromatic heterocycles. The van der Waals surface area contributed by atoms with Gasteiger partial charge in [-0.3, -0.25) is 0 Å². The van der Waals surface area contributed by atoms with Crippen molar-refractivity contribution in [3.8, 4) is 5.75 Å². The second-order valence-corrected chi connectivity index (χ2v) is 4.96. The predicted molar refractivity (Wildman–Crippen MR) is 73.1 cm³/mol. The van der Waals surface area contributed by atoms with E-state index >= 15 is 0 Å². The number of nitrogens with two attached hydrogens (primary N) is 1. The van der Waals surface area contributed by atoms with Crippen molar-refractivity contribution in [2.24, 2.45) is 0 Å². The van der Waals surface area contributed by atoms with Gasteiger partial charge in [-0.1, -0.05) is 0 Å². The molecule has 0 radical (unpaired) electrons. The van der Waals surface area contributed by atoms with E-state index in [1.54, 1.807) is 13.0 Å². The number of halogens is 2. The molecule has 2 N–H and O–H groups in total. The first-order chi connectivity index (χ1) is 7.97. The maximum atomic E-state index is 11.2. The molecule has 0 heterocycles. The van der Waals surface area contributed by atoms with Gasteiger partial charge in [-0.25, -0.2) is 4.79 Å². The van der Waals surface area contributed by atoms with Crippen LogP contribution in [0.2, 0.25) is 0 Å². The lowest BCUT2D eigenvalue weighted by atomic mass is 10.2. The normalized spacial score (nSPS) is 10.1. The molecule has 0 aliphatic heterocycles. The fraction of sp³-hybridized carbons (Fsp3) is 0.364. The van der Waals surface area contributed by atoms with Gasteiger partial charge in [-0.05, 0) is 57.3 Å². The topological polar surface area (TPSA) is 61.5 Å². The second kappa shape index (κ2) is 6.26. The molecule has 1 aromatic rings. The summed E-state index contributed by atoms with van der Waals surface area (Å²) in [6.07, 6.45) is 0. The van der Waals surface area contributed by atoms with Crippen LogP contribution < -0.4 is 10.5 Å². The zero-order valence-corrected chi connectivity index (χ0v) is 12.7. The van der Waals surface area contributed by atoms with Crippen LogP contribution in [0.1, 0.15) is 12.5 Å². The average molecular weight is 367 g/mol. The Hall–Kier alpha value is -0.750. The summed E-state index contributed by atoms with van der Waals surface area (Å²) in [5.41, 5.74) is 7.30. The summed E-state index contributed by atoms with van der Waals surface area (Å²) in [5.74, 6) is 0.144. The van der Waals surface area contributed by atoms with Crippen molar-refractivity contribution in [3.63, 3.8) is 0 Å². The van der Waals surface area contributed by atoms with Gasteiger partial charge in [0, 0.05) is 5.69 Å². The van der Waals surface area contributed by atoms with Gasteiger partial charge in [-0.15, -0.1) is 0 Å². The molecule has 0 saturated carbocycles. The minimum atomic E-state index is -0.402. The Kier molecular flexibility index (Phi) is 5.27. The maximum Gasteiger partial charge on any atom is 0.344 e. The SMILES string of the molecule is CCOC(=O)COc1c(Br)cc(N)c(C)c1Br. The highest BCUT2D eigenvalue weighted by Crippen LogP contribution is 2.38. The third-order valence-electron chi connectivity index (χ3n) is 2.10. The summed E-state index contributed by atoms with van der Waals surface area (Å²) in [6.45, 7) is 3.82. The Morgan fingerprint density at radius 2 is 2.12 bits per heavy atom. The smallest absolute Gasteiger partial charge is 0.344 e. The molecule has 0 aliphatic carbocycles. The molecular formula is C11H13Br2NO3. The van der Waals surface area contributed by atoms with Crippen LogP contribution in [-0.2, 0) is 9.53 Å². The largest absolute Gasteiger partial charge is 0.480 e. The van der Waals surface area contributed by atoms with Crippen LogP contribution in [0.25, 0.3) is 0 Å². The van der Waals surface area contributed by atoms with Crippen LogP contribution in [-0.4, -0.2) is 19.2 Å². The van der Waals surface area contributed by atoms with Gasteiger partial charge in [0.1, 0.15) is 5.75 Å². The number of esters is 1. The Morgan fingerprint density at radius 3 is 2.71 bits per heavy atom. The first-order valence-electron chi connectivity index (χ1n) is 4.99. The van der Waals surface area contributed by atoms with Gasteiger partial charge >= 0.3 is 5.97 Å². The quantitative estimate of drug-likeness (QED) is 0.657. The number of benzene rings is 1. The Bertz CT molecular complexity index is 435. The molecule has 94 valence electrons. The highest BCUT2D eigenvalue weighted by Gasteiger charge is 2.14. The summed E-state index contributed by atoms with van der Waals surface area (Å²) < 4.78 is 11.6. The van der Waals surface area contributed by atoms with Crippen molar-refractivity contribution in [1.82, 2.24) is 0 Å². The minimum Gasteiger partial charge on any atom is -0.480 e. The first kappa shape index (κ1) is 14.3. The van der Waals surface area contributed by atoms with Crippen molar-refractivity contribution in [2.75, 3.05) is 18.9 Å². The average Bonchev–Trinajstić information content (AvgIpc) is 2.26. The van der Waals surface area contributed by atoms with E-state index in [0.717, 1.165) is 10.0 Å². The molecule has 0 atom stereocenters. The van der Waals surface area contributed by atoms with E-state index in [2.05, 4.69) is 31.9 Å². The number of carbonyl (C=O) groups excluding carboxylic acids is 1. The summed E-state index contributed by atoms with van der Waals surface area (Å²) in [5, 5.41) is 0. The summed E-state index contributed by atoms with van der Waals surface area (Å²) in [7, 11) is 0. The monoisotopic (exact) mass is 365 g/mol. The van der Waals surface area contributed by atoms with Crippen LogP contribution in [0.4, 0.5) is 5.69 Å². The lowest BCUT2D eigenvalue weighted by Crippen LogP contribution is -2.15. The fourth-order valence-electron chi connectivity index (χ4n) is 1.18. The number of hydrogen-bond donors (Lipinski definition) is 1. The van der Waals surface area contributed by atoms with E-state index in [1.165, 1.54) is 0 Å². The molecule has 0 amide bonds. The van der Waals surface area contributed by atoms with Crippen molar-refractivity contribution in [3.05, 3.63) is 20.6 Å². The molecule has 0 saturated heterocycles. The van der Waals surface area contributed by atoms with Crippen molar-refractivity contribution in [2.45, 2.75) is 13.8 Å². The van der Waals surface area contributed by atoms with Crippen LogP contribution in [0.15, 0.2) is 15.0 Å². The van der Waals surface area contributed by atoms with E-state index in [0.29, 0.717) is 22.5 Å². The molecule has 4 nitrogen and oxygen atoms in total. The van der Waals surface area contributed by atoms with Crippen LogP contribution in [0, 0.1) is 6.92 Å². The lowest BCUT2D eigenvalue weighted by molar-refractivity contribution is -0.145. The molecule has 1 rings (SSSR count). The second-order valence-electron chi connectivity index (χ2n) is 3.31. The molecule has 0 fully saturated rings. The first-order valence-corrected chi connectivity index (χ1v) is 6.58. The molecule has 0 unspecified atom stereocenters. The molecule has 0 aliphatic rings. The van der Waals surface area contributed by atoms with E-state index in [1.807, 2.05) is 6.92 Å². The molecule has 0 bridgehead atoms. The van der Waals surface area contributed by atoms with Gasteiger partial charge in [0.2, 0.25) is 0 Å². The van der Waals surface area contributed by atoms with Gasteiger partial charge in [-0.2, -0.15) is 0 Å². The molecular weight excluding hydrogens is 354 g/mol. The number of rotatable bonds is 4. The molecule has 0 spiro atoms. The number of hydrogen-bond acceptors (Lipinski definition) is 4. The van der Waals surface area contributed by atoms with Gasteiger partial charge in [0.25, 0.3) is 0 Å². The number of anilines is 1. The highest BCUT2D eigenvalue weighted by molar-refractivity contribution is 9.11. The van der Waals surface area contributed by atoms with Gasteiger partial charge in [0.05, 0.1) is 15.6 Å². The number of nitrogen functional groups attached to an aromatic ring is 1. The van der Waals surface area contributed by atoms with E-state index < -0.39 is 5.97 Å². The van der Waals surface area contributed by atoms with Gasteiger partial charge < -0.3 is 15.2 Å². The summed E-state index contributed by atoms with van der Waals surface area (Å²) in [6, 6.07) is 1.74. The highest BCUT2D eigenvalue weighted by atomic mass is 79.9. The Morgan fingerprint density at radius 1 is 1.47 bits per heavy atom. The Balaban J connectivity index is 2.85. The molecule has 6 heteroatoms. The van der Waals surface area contributed by atoms with Crippen molar-refractivity contribution >= 4 is 43.5 Å². The predicted octanol–water partition coefficient (Wildman–Crippen LogP) is 3.04. The standard InChI is InChI=1S/C11H13Br2NO3/c1-3-16-9(15)5-17-11-7(12)4-8(14)6(2)10(11)13/h4H,3,5,14H2,1-2H3. The minimum absolute atomic E-state index is 0.131. The van der Waals surface area contributed by atoms with E-state index in [9.17, 15) is 4.79 Å². The fourth-order valence-corrected chi connectivity index (χ4v) is 2.56. The lowest BCUT2D eigenvalue weighted by Gasteiger charge is -2.13. The summed E-state index contributed by atoms with van der Waals surface area (Å²) in [4.78, 5) is 11.2. The zero-order valence-electron chi connectivity index (χ0n) is 9.55. The van der Waals surface area contributed by atoms with E-state index in [4.69, 9.17) is 15.2 Å². The van der Waals surface area contributed by atoms with Crippen LogP contribution >= 0.6 is 31.9 Å². The molecule has 17 heavy (non-hydrogen) atoms. The zero-order chi connectivity index (χ0) is 13.0. The number of carbonyl (C=O) groups is 1. The summed E-state index contributed by atoms with van der Waals surface area (Å²) >= 11 is 6.72. The van der Waals surface area contributed by atoms with Crippen molar-refractivity contribution in [1.29, 1.82) is 0 Å². The Labute approximate surface area is 117 Å². The number of ether oxygens (including phenoxy) is 2. The third kappa shape index (κ3) is 3.61. The van der Waals surface area contributed by atoms with Gasteiger partial charge in [0.15, 0.2) is 6.61 Å². The van der Waals surface area contributed by atoms with E-state index in [-0.39, 0.29) is 6.61 Å².